The van der Waals surface area contributed by atoms with E-state index in [9.17, 15) is 4.57 Å². The topological polar surface area (TPSA) is 54.0 Å². The lowest BCUT2D eigenvalue weighted by molar-refractivity contribution is -0.178. The summed E-state index contributed by atoms with van der Waals surface area (Å²) in [6.07, 6.45) is 5.49. The van der Waals surface area contributed by atoms with E-state index in [-0.39, 0.29) is 12.4 Å². The minimum absolute atomic E-state index is 0.126. The summed E-state index contributed by atoms with van der Waals surface area (Å²) in [5.41, 5.74) is 0. The molecule has 0 aliphatic carbocycles. The zero-order chi connectivity index (χ0) is 15.6. The van der Waals surface area contributed by atoms with Crippen molar-refractivity contribution in [1.82, 2.24) is 0 Å². The summed E-state index contributed by atoms with van der Waals surface area (Å²) >= 11 is 2.30. The molecule has 1 aliphatic rings. The summed E-state index contributed by atoms with van der Waals surface area (Å²) in [4.78, 5) is 0. The molecule has 1 fully saturated rings. The molecule has 1 rings (SSSR count). The second-order valence-corrected chi connectivity index (χ2v) is 7.64. The van der Waals surface area contributed by atoms with Crippen LogP contribution in [0.2, 0.25) is 0 Å². The first-order valence-electron chi connectivity index (χ1n) is 7.54. The highest BCUT2D eigenvalue weighted by Crippen LogP contribution is 2.49. The largest absolute Gasteiger partial charge is 0.353 e. The van der Waals surface area contributed by atoms with Gasteiger partial charge in [-0.1, -0.05) is 22.6 Å². The van der Waals surface area contributed by atoms with Gasteiger partial charge in [0, 0.05) is 16.9 Å². The van der Waals surface area contributed by atoms with Crippen molar-refractivity contribution in [2.45, 2.75) is 51.9 Å². The van der Waals surface area contributed by atoms with E-state index in [1.807, 2.05) is 0 Å². The Balaban J connectivity index is 2.61. The van der Waals surface area contributed by atoms with E-state index in [1.54, 1.807) is 19.9 Å². The smallest absolute Gasteiger partial charge is 0.353 e. The Morgan fingerprint density at radius 2 is 2.05 bits per heavy atom. The van der Waals surface area contributed by atoms with Crippen LogP contribution in [0.1, 0.15) is 39.5 Å². The van der Waals surface area contributed by atoms with Crippen molar-refractivity contribution in [3.63, 3.8) is 0 Å². The Kier molecular flexibility index (Phi) is 10.4. The van der Waals surface area contributed by atoms with Gasteiger partial charge < -0.3 is 18.5 Å². The molecule has 0 N–H and O–H groups in total. The van der Waals surface area contributed by atoms with Gasteiger partial charge in [0.25, 0.3) is 0 Å². The molecule has 0 spiro atoms. The molecular weight excluding hydrogens is 406 g/mol. The second kappa shape index (κ2) is 11.1. The van der Waals surface area contributed by atoms with E-state index in [0.717, 1.165) is 36.7 Å². The van der Waals surface area contributed by atoms with Crippen LogP contribution in [0.4, 0.5) is 0 Å². The highest BCUT2D eigenvalue weighted by Gasteiger charge is 2.22. The van der Waals surface area contributed by atoms with Gasteiger partial charge in [0.15, 0.2) is 6.29 Å². The van der Waals surface area contributed by atoms with E-state index in [2.05, 4.69) is 22.6 Å². The summed E-state index contributed by atoms with van der Waals surface area (Å²) in [7, 11) is -3.15. The highest BCUT2D eigenvalue weighted by molar-refractivity contribution is 14.1. The van der Waals surface area contributed by atoms with Gasteiger partial charge in [0.05, 0.1) is 19.3 Å². The highest BCUT2D eigenvalue weighted by atomic mass is 127. The fraction of sp³-hybridized carbons (Fsp3) is 0.857. The zero-order valence-electron chi connectivity index (χ0n) is 12.8. The van der Waals surface area contributed by atoms with E-state index in [4.69, 9.17) is 18.5 Å². The SMILES string of the molecule is CCOP(=O)(/C=C/[C@@H](CCI)O[C@H]1CCCCO1)OCC. The van der Waals surface area contributed by atoms with Crippen molar-refractivity contribution >= 4 is 30.2 Å². The van der Waals surface area contributed by atoms with Crippen LogP contribution in [0.15, 0.2) is 11.9 Å². The van der Waals surface area contributed by atoms with Crippen LogP contribution >= 0.6 is 30.2 Å². The first kappa shape index (κ1) is 19.6. The minimum Gasteiger partial charge on any atom is -0.353 e. The fourth-order valence-electron chi connectivity index (χ4n) is 2.02. The molecule has 0 radical (unpaired) electrons. The molecular formula is C14H26IO5P. The van der Waals surface area contributed by atoms with Gasteiger partial charge in [-0.25, -0.2) is 0 Å². The maximum Gasteiger partial charge on any atom is 0.353 e. The van der Waals surface area contributed by atoms with Gasteiger partial charge in [-0.3, -0.25) is 4.57 Å². The van der Waals surface area contributed by atoms with Crippen LogP contribution in [0.25, 0.3) is 0 Å². The number of hydrogen-bond acceptors (Lipinski definition) is 5. The van der Waals surface area contributed by atoms with Crippen LogP contribution in [0.3, 0.4) is 0 Å². The van der Waals surface area contributed by atoms with Gasteiger partial charge in [-0.05, 0) is 45.6 Å². The molecule has 7 heteroatoms. The molecule has 124 valence electrons. The zero-order valence-corrected chi connectivity index (χ0v) is 15.9. The molecule has 5 nitrogen and oxygen atoms in total. The average molecular weight is 432 g/mol. The molecule has 0 aromatic rings. The lowest BCUT2D eigenvalue weighted by atomic mass is 10.2. The third-order valence-electron chi connectivity index (χ3n) is 2.96. The van der Waals surface area contributed by atoms with E-state index in [0.29, 0.717) is 13.2 Å². The van der Waals surface area contributed by atoms with Crippen molar-refractivity contribution in [2.24, 2.45) is 0 Å². The van der Waals surface area contributed by atoms with Gasteiger partial charge in [0.1, 0.15) is 0 Å². The summed E-state index contributed by atoms with van der Waals surface area (Å²) < 4.78 is 35.4. The van der Waals surface area contributed by atoms with E-state index >= 15 is 0 Å². The van der Waals surface area contributed by atoms with Gasteiger partial charge in [0.2, 0.25) is 0 Å². The minimum atomic E-state index is -3.15. The van der Waals surface area contributed by atoms with E-state index < -0.39 is 7.60 Å². The van der Waals surface area contributed by atoms with Crippen molar-refractivity contribution in [3.05, 3.63) is 11.9 Å². The molecule has 1 saturated heterocycles. The maximum atomic E-state index is 12.4. The predicted octanol–water partition coefficient (Wildman–Crippen LogP) is 4.50. The molecule has 2 atom stereocenters. The number of alkyl halides is 1. The molecule has 0 amide bonds. The molecule has 0 unspecified atom stereocenters. The van der Waals surface area contributed by atoms with Crippen LogP contribution in [-0.2, 0) is 23.1 Å². The molecule has 0 aromatic heterocycles. The first-order chi connectivity index (χ1) is 10.1. The number of ether oxygens (including phenoxy) is 2. The summed E-state index contributed by atoms with van der Waals surface area (Å²) in [6.45, 7) is 5.06. The van der Waals surface area contributed by atoms with Crippen LogP contribution < -0.4 is 0 Å². The van der Waals surface area contributed by atoms with Crippen LogP contribution in [0.5, 0.6) is 0 Å². The number of halogens is 1. The molecule has 0 bridgehead atoms. The Labute approximate surface area is 141 Å². The molecule has 0 aromatic carbocycles. The molecule has 1 heterocycles. The van der Waals surface area contributed by atoms with Crippen LogP contribution in [-0.4, -0.2) is 36.6 Å². The summed E-state index contributed by atoms with van der Waals surface area (Å²) in [5, 5.41) is 0. The summed E-state index contributed by atoms with van der Waals surface area (Å²) in [6, 6.07) is 0. The van der Waals surface area contributed by atoms with Crippen LogP contribution in [0, 0.1) is 0 Å². The third kappa shape index (κ3) is 8.09. The normalized spacial score (nSPS) is 21.8. The average Bonchev–Trinajstić information content (AvgIpc) is 2.47. The number of hydrogen-bond donors (Lipinski definition) is 0. The molecule has 21 heavy (non-hydrogen) atoms. The van der Waals surface area contributed by atoms with Gasteiger partial charge >= 0.3 is 7.60 Å². The first-order valence-corrected chi connectivity index (χ1v) is 10.7. The lowest BCUT2D eigenvalue weighted by Crippen LogP contribution is -2.27. The Bertz CT molecular complexity index is 334. The molecule has 1 aliphatic heterocycles. The van der Waals surface area contributed by atoms with Gasteiger partial charge in [-0.15, -0.1) is 0 Å². The summed E-state index contributed by atoms with van der Waals surface area (Å²) in [5.74, 6) is 1.53. The Morgan fingerprint density at radius 1 is 1.33 bits per heavy atom. The van der Waals surface area contributed by atoms with Crippen molar-refractivity contribution in [2.75, 3.05) is 24.2 Å². The quantitative estimate of drug-likeness (QED) is 0.289. The van der Waals surface area contributed by atoms with Crippen molar-refractivity contribution < 1.29 is 23.1 Å². The Morgan fingerprint density at radius 3 is 2.57 bits per heavy atom. The molecule has 0 saturated carbocycles. The monoisotopic (exact) mass is 432 g/mol. The standard InChI is InChI=1S/C14H26IO5P/c1-3-18-21(16,19-4-2)12-9-13(8-10-15)20-14-7-5-6-11-17-14/h9,12-14H,3-8,10-11H2,1-2H3/b12-9+/t13-,14+/m1/s1. The predicted molar refractivity (Wildman–Crippen MR) is 92.0 cm³/mol. The maximum absolute atomic E-state index is 12.4. The van der Waals surface area contributed by atoms with E-state index in [1.165, 1.54) is 5.82 Å². The van der Waals surface area contributed by atoms with Crippen molar-refractivity contribution in [1.29, 1.82) is 0 Å². The Hall–Kier alpha value is 0.540. The van der Waals surface area contributed by atoms with Crippen molar-refractivity contribution in [3.8, 4) is 0 Å². The van der Waals surface area contributed by atoms with Gasteiger partial charge in [-0.2, -0.15) is 0 Å². The second-order valence-electron chi connectivity index (χ2n) is 4.67. The number of rotatable bonds is 10. The lowest BCUT2D eigenvalue weighted by Gasteiger charge is -2.26. The third-order valence-corrected chi connectivity index (χ3v) is 5.36. The fourth-order valence-corrected chi connectivity index (χ4v) is 4.00.